The van der Waals surface area contributed by atoms with E-state index in [2.05, 4.69) is 26.0 Å². The van der Waals surface area contributed by atoms with Gasteiger partial charge in [0.05, 0.1) is 18.8 Å². The fourth-order valence-corrected chi connectivity index (χ4v) is 4.42. The molecule has 0 saturated carbocycles. The lowest BCUT2D eigenvalue weighted by molar-refractivity contribution is -0.753. The maximum atomic E-state index is 12.9. The van der Waals surface area contributed by atoms with Crippen molar-refractivity contribution in [2.75, 3.05) is 20.3 Å². The van der Waals surface area contributed by atoms with E-state index in [0.29, 0.717) is 17.9 Å². The molecule has 0 heterocycles. The standard InChI is InChI=1S/C27H34NO4/c1-5-20(6-2)24-22-16-15-21(32-17-11-14-19-12-9-8-10-13-19)18-23(22)26(28(4)30)25(24)27(29)31-7-3/h8-10,12-13,15-16,18,20,30H,5-7,11,14,17H2,1-4H3/q+1. The number of allylic oxidation sites excluding steroid dienone is 1. The Hall–Kier alpha value is -3.08. The first-order valence-corrected chi connectivity index (χ1v) is 11.5. The van der Waals surface area contributed by atoms with E-state index in [0.717, 1.165) is 52.9 Å². The summed E-state index contributed by atoms with van der Waals surface area (Å²) in [6, 6.07) is 16.2. The number of rotatable bonds is 10. The summed E-state index contributed by atoms with van der Waals surface area (Å²) in [4.78, 5) is 12.9. The Bertz CT molecular complexity index is 1000. The van der Waals surface area contributed by atoms with Crippen LogP contribution >= 0.6 is 0 Å². The molecule has 0 fully saturated rings. The van der Waals surface area contributed by atoms with Gasteiger partial charge in [-0.05, 0) is 72.1 Å². The van der Waals surface area contributed by atoms with Crippen LogP contribution in [-0.2, 0) is 16.0 Å². The third-order valence-corrected chi connectivity index (χ3v) is 5.96. The fraction of sp³-hybridized carbons (Fsp3) is 0.407. The van der Waals surface area contributed by atoms with Gasteiger partial charge in [0, 0.05) is 0 Å². The van der Waals surface area contributed by atoms with Gasteiger partial charge in [0.1, 0.15) is 11.3 Å². The predicted molar refractivity (Wildman–Crippen MR) is 126 cm³/mol. The number of hydrogen-bond donors (Lipinski definition) is 1. The van der Waals surface area contributed by atoms with Crippen molar-refractivity contribution in [2.45, 2.75) is 46.5 Å². The van der Waals surface area contributed by atoms with Crippen molar-refractivity contribution < 1.29 is 24.2 Å². The summed E-state index contributed by atoms with van der Waals surface area (Å²) >= 11 is 0. The van der Waals surface area contributed by atoms with E-state index in [9.17, 15) is 10.0 Å². The van der Waals surface area contributed by atoms with E-state index in [1.165, 1.54) is 5.56 Å². The Morgan fingerprint density at radius 3 is 2.38 bits per heavy atom. The van der Waals surface area contributed by atoms with E-state index in [4.69, 9.17) is 9.47 Å². The van der Waals surface area contributed by atoms with Crippen LogP contribution in [0.15, 0.2) is 54.1 Å². The molecule has 2 aromatic rings. The Balaban J connectivity index is 1.88. The molecule has 0 atom stereocenters. The number of nitrogens with zero attached hydrogens (tertiary/aromatic N) is 1. The lowest BCUT2D eigenvalue weighted by Crippen LogP contribution is -2.23. The van der Waals surface area contributed by atoms with E-state index in [-0.39, 0.29) is 12.5 Å². The fourth-order valence-electron chi connectivity index (χ4n) is 4.42. The van der Waals surface area contributed by atoms with Crippen LogP contribution in [0.5, 0.6) is 5.75 Å². The number of carbonyl (C=O) groups excluding carboxylic acids is 1. The lowest BCUT2D eigenvalue weighted by Gasteiger charge is -2.17. The number of esters is 1. The van der Waals surface area contributed by atoms with Crippen molar-refractivity contribution in [3.63, 3.8) is 0 Å². The summed E-state index contributed by atoms with van der Waals surface area (Å²) in [5, 5.41) is 10.5. The van der Waals surface area contributed by atoms with Crippen LogP contribution in [-0.4, -0.2) is 41.9 Å². The molecule has 0 saturated heterocycles. The average Bonchev–Trinajstić information content (AvgIpc) is 3.13. The normalized spacial score (nSPS) is 14.5. The predicted octanol–water partition coefficient (Wildman–Crippen LogP) is 5.29. The summed E-state index contributed by atoms with van der Waals surface area (Å²) < 4.78 is 12.4. The molecule has 0 amide bonds. The highest BCUT2D eigenvalue weighted by Gasteiger charge is 2.41. The lowest BCUT2D eigenvalue weighted by atomic mass is 9.88. The second-order valence-corrected chi connectivity index (χ2v) is 8.04. The zero-order valence-electron chi connectivity index (χ0n) is 19.6. The van der Waals surface area contributed by atoms with Crippen LogP contribution in [0.1, 0.15) is 56.7 Å². The molecule has 32 heavy (non-hydrogen) atoms. The van der Waals surface area contributed by atoms with Gasteiger partial charge in [0.15, 0.2) is 7.05 Å². The molecule has 5 heteroatoms. The summed E-state index contributed by atoms with van der Waals surface area (Å²) in [6.07, 6.45) is 3.65. The summed E-state index contributed by atoms with van der Waals surface area (Å²) in [5.74, 6) is 0.528. The molecule has 1 aliphatic carbocycles. The van der Waals surface area contributed by atoms with Crippen LogP contribution < -0.4 is 4.74 Å². The summed E-state index contributed by atoms with van der Waals surface area (Å²) in [6.45, 7) is 6.91. The van der Waals surface area contributed by atoms with Crippen LogP contribution in [0.3, 0.4) is 0 Å². The van der Waals surface area contributed by atoms with Gasteiger partial charge < -0.3 is 9.47 Å². The molecule has 0 radical (unpaired) electrons. The molecular formula is C27H34NO4+. The molecule has 0 spiro atoms. The van der Waals surface area contributed by atoms with Crippen molar-refractivity contribution >= 4 is 17.3 Å². The molecule has 5 nitrogen and oxygen atoms in total. The number of hydroxylamine groups is 1. The van der Waals surface area contributed by atoms with Gasteiger partial charge in [0.2, 0.25) is 0 Å². The number of aryl methyl sites for hydroxylation is 1. The zero-order chi connectivity index (χ0) is 23.1. The van der Waals surface area contributed by atoms with Crippen LogP contribution in [0.4, 0.5) is 0 Å². The highest BCUT2D eigenvalue weighted by Crippen LogP contribution is 2.42. The minimum absolute atomic E-state index is 0.197. The zero-order valence-corrected chi connectivity index (χ0v) is 19.6. The van der Waals surface area contributed by atoms with Crippen molar-refractivity contribution in [1.82, 2.24) is 0 Å². The Morgan fingerprint density at radius 1 is 1.03 bits per heavy atom. The first-order valence-electron chi connectivity index (χ1n) is 11.5. The highest BCUT2D eigenvalue weighted by molar-refractivity contribution is 6.34. The Kier molecular flexibility index (Phi) is 8.09. The smallest absolute Gasteiger partial charge is 0.345 e. The second-order valence-electron chi connectivity index (χ2n) is 8.04. The van der Waals surface area contributed by atoms with Gasteiger partial charge in [0.25, 0.3) is 5.71 Å². The largest absolute Gasteiger partial charge is 0.494 e. The first kappa shape index (κ1) is 23.6. The van der Waals surface area contributed by atoms with Gasteiger partial charge in [-0.15, -0.1) is 0 Å². The van der Waals surface area contributed by atoms with Gasteiger partial charge >= 0.3 is 5.97 Å². The van der Waals surface area contributed by atoms with Gasteiger partial charge in [-0.1, -0.05) is 50.2 Å². The maximum absolute atomic E-state index is 12.9. The number of benzene rings is 2. The number of carbonyl (C=O) groups is 1. The monoisotopic (exact) mass is 436 g/mol. The quantitative estimate of drug-likeness (QED) is 0.181. The van der Waals surface area contributed by atoms with Crippen LogP contribution in [0, 0.1) is 5.92 Å². The third kappa shape index (κ3) is 5.04. The topological polar surface area (TPSA) is 58.8 Å². The van der Waals surface area contributed by atoms with Gasteiger partial charge in [-0.2, -0.15) is 0 Å². The third-order valence-electron chi connectivity index (χ3n) is 5.96. The summed E-state index contributed by atoms with van der Waals surface area (Å²) in [5.41, 5.74) is 4.96. The van der Waals surface area contributed by atoms with Crippen LogP contribution in [0.25, 0.3) is 5.57 Å². The number of fused-ring (bicyclic) bond motifs is 1. The SMILES string of the molecule is CCOC(=O)C1=C(C(CC)CC)c2ccc(OCCCc3ccccc3)cc2C1=[N+](C)O. The molecule has 1 N–H and O–H groups in total. The molecule has 2 aromatic carbocycles. The molecule has 170 valence electrons. The van der Waals surface area contributed by atoms with Gasteiger partial charge in [-0.3, -0.25) is 5.21 Å². The van der Waals surface area contributed by atoms with E-state index >= 15 is 0 Å². The second kappa shape index (κ2) is 11.0. The number of ether oxygens (including phenoxy) is 2. The van der Waals surface area contributed by atoms with Crippen molar-refractivity contribution in [3.8, 4) is 5.75 Å². The minimum atomic E-state index is -0.396. The van der Waals surface area contributed by atoms with Crippen molar-refractivity contribution in [2.24, 2.45) is 5.92 Å². The van der Waals surface area contributed by atoms with E-state index < -0.39 is 5.97 Å². The molecule has 0 aliphatic heterocycles. The molecule has 0 unspecified atom stereocenters. The van der Waals surface area contributed by atoms with Gasteiger partial charge in [-0.25, -0.2) is 4.79 Å². The summed E-state index contributed by atoms with van der Waals surface area (Å²) in [7, 11) is 1.54. The van der Waals surface area contributed by atoms with Crippen molar-refractivity contribution in [3.05, 3.63) is 70.8 Å². The Labute approximate surface area is 191 Å². The molecular weight excluding hydrogens is 402 g/mol. The minimum Gasteiger partial charge on any atom is -0.494 e. The highest BCUT2D eigenvalue weighted by atomic mass is 16.5. The van der Waals surface area contributed by atoms with Crippen LogP contribution in [0.2, 0.25) is 0 Å². The average molecular weight is 437 g/mol. The van der Waals surface area contributed by atoms with Crippen molar-refractivity contribution in [1.29, 1.82) is 0 Å². The Morgan fingerprint density at radius 2 is 1.75 bits per heavy atom. The number of hydrogen-bond acceptors (Lipinski definition) is 4. The van der Waals surface area contributed by atoms with E-state index in [1.807, 2.05) is 36.4 Å². The first-order chi connectivity index (χ1) is 15.5. The molecule has 3 rings (SSSR count). The maximum Gasteiger partial charge on any atom is 0.345 e. The molecule has 0 bridgehead atoms. The van der Waals surface area contributed by atoms with E-state index in [1.54, 1.807) is 14.0 Å². The molecule has 0 aromatic heterocycles. The molecule has 1 aliphatic rings.